The minimum absolute atomic E-state index is 0.430. The van der Waals surface area contributed by atoms with Crippen molar-refractivity contribution < 1.29 is 14.3 Å². The molecule has 3 rings (SSSR count). The maximum Gasteiger partial charge on any atom is 0.331 e. The molecule has 2 heterocycles. The van der Waals surface area contributed by atoms with Gasteiger partial charge in [0, 0.05) is 15.8 Å². The average Bonchev–Trinajstić information content (AvgIpc) is 3.22. The highest BCUT2D eigenvalue weighted by atomic mass is 32.1. The molecule has 1 aliphatic rings. The van der Waals surface area contributed by atoms with Crippen molar-refractivity contribution in [1.82, 2.24) is 0 Å². The number of rotatable bonds is 5. The quantitative estimate of drug-likeness (QED) is 0.454. The molecule has 0 bridgehead atoms. The van der Waals surface area contributed by atoms with Crippen molar-refractivity contribution >= 4 is 45.6 Å². The van der Waals surface area contributed by atoms with E-state index in [1.54, 1.807) is 6.08 Å². The first-order chi connectivity index (χ1) is 13.1. The highest BCUT2D eigenvalue weighted by Gasteiger charge is 2.23. The molecule has 0 radical (unpaired) electrons. The standard InChI is InChI=1S/C20H20N2O3S2/c1-13(25-18(23)10-9-14-6-5-11-26-14)19(24)22-20-16(12-21)15-7-3-2-4-8-17(15)27-20/h5-6,9-11,13H,2-4,7-8H2,1H3,(H,22,24)/b10-9+/t13-/m1/s1. The highest BCUT2D eigenvalue weighted by Crippen LogP contribution is 2.37. The second-order valence-electron chi connectivity index (χ2n) is 6.30. The molecule has 5 nitrogen and oxygen atoms in total. The van der Waals surface area contributed by atoms with E-state index >= 15 is 0 Å². The average molecular weight is 401 g/mol. The Morgan fingerprint density at radius 3 is 2.89 bits per heavy atom. The van der Waals surface area contributed by atoms with E-state index in [1.807, 2.05) is 17.5 Å². The number of esters is 1. The summed E-state index contributed by atoms with van der Waals surface area (Å²) < 4.78 is 5.17. The number of hydrogen-bond donors (Lipinski definition) is 1. The summed E-state index contributed by atoms with van der Waals surface area (Å²) in [6.45, 7) is 1.52. The third-order valence-electron chi connectivity index (χ3n) is 4.36. The monoisotopic (exact) mass is 400 g/mol. The molecule has 27 heavy (non-hydrogen) atoms. The zero-order chi connectivity index (χ0) is 19.2. The third-order valence-corrected chi connectivity index (χ3v) is 6.40. The zero-order valence-electron chi connectivity index (χ0n) is 15.0. The molecule has 0 aliphatic heterocycles. The Morgan fingerprint density at radius 1 is 1.33 bits per heavy atom. The SMILES string of the molecule is C[C@@H](OC(=O)/C=C/c1cccs1)C(=O)Nc1sc2c(c1C#N)CCCCC2. The molecule has 0 aromatic carbocycles. The van der Waals surface area contributed by atoms with Gasteiger partial charge in [0.2, 0.25) is 0 Å². The smallest absolute Gasteiger partial charge is 0.331 e. The van der Waals surface area contributed by atoms with Crippen LogP contribution in [0.5, 0.6) is 0 Å². The van der Waals surface area contributed by atoms with Crippen LogP contribution in [-0.2, 0) is 27.2 Å². The van der Waals surface area contributed by atoms with Crippen LogP contribution in [0.15, 0.2) is 23.6 Å². The van der Waals surface area contributed by atoms with E-state index in [0.29, 0.717) is 10.6 Å². The van der Waals surface area contributed by atoms with E-state index in [0.717, 1.165) is 36.1 Å². The topological polar surface area (TPSA) is 79.2 Å². The van der Waals surface area contributed by atoms with Crippen LogP contribution >= 0.6 is 22.7 Å². The van der Waals surface area contributed by atoms with Gasteiger partial charge in [-0.2, -0.15) is 5.26 Å². The number of hydrogen-bond acceptors (Lipinski definition) is 6. The van der Waals surface area contributed by atoms with E-state index in [2.05, 4.69) is 11.4 Å². The Balaban J connectivity index is 1.63. The molecule has 1 aliphatic carbocycles. The minimum atomic E-state index is -0.945. The molecule has 1 atom stereocenters. The summed E-state index contributed by atoms with van der Waals surface area (Å²) in [4.78, 5) is 26.4. The molecule has 1 N–H and O–H groups in total. The number of aryl methyl sites for hydroxylation is 1. The first kappa shape index (κ1) is 19.3. The van der Waals surface area contributed by atoms with Crippen molar-refractivity contribution in [2.45, 2.75) is 45.1 Å². The summed E-state index contributed by atoms with van der Waals surface area (Å²) in [5.74, 6) is -1.01. The number of nitriles is 1. The van der Waals surface area contributed by atoms with Crippen LogP contribution in [0.1, 0.15) is 47.1 Å². The lowest BCUT2D eigenvalue weighted by atomic mass is 10.1. The largest absolute Gasteiger partial charge is 0.449 e. The highest BCUT2D eigenvalue weighted by molar-refractivity contribution is 7.16. The van der Waals surface area contributed by atoms with Gasteiger partial charge in [0.1, 0.15) is 11.1 Å². The van der Waals surface area contributed by atoms with Gasteiger partial charge in [0.15, 0.2) is 6.10 Å². The van der Waals surface area contributed by atoms with Crippen LogP contribution < -0.4 is 5.32 Å². The lowest BCUT2D eigenvalue weighted by Crippen LogP contribution is -2.29. The predicted octanol–water partition coefficient (Wildman–Crippen LogP) is 4.53. The molecule has 0 saturated heterocycles. The number of carbonyl (C=O) groups is 2. The Hall–Kier alpha value is -2.43. The lowest BCUT2D eigenvalue weighted by Gasteiger charge is -2.11. The van der Waals surface area contributed by atoms with Crippen LogP contribution in [-0.4, -0.2) is 18.0 Å². The van der Waals surface area contributed by atoms with Gasteiger partial charge < -0.3 is 10.1 Å². The first-order valence-electron chi connectivity index (χ1n) is 8.86. The predicted molar refractivity (Wildman–Crippen MR) is 108 cm³/mol. The molecule has 0 fully saturated rings. The van der Waals surface area contributed by atoms with Crippen molar-refractivity contribution in [3.05, 3.63) is 44.5 Å². The summed E-state index contributed by atoms with van der Waals surface area (Å²) in [5, 5.41) is 14.8. The number of nitrogens with zero attached hydrogens (tertiary/aromatic N) is 1. The van der Waals surface area contributed by atoms with Crippen LogP contribution in [0, 0.1) is 11.3 Å². The summed E-state index contributed by atoms with van der Waals surface area (Å²) in [6, 6.07) is 6.00. The maximum atomic E-state index is 12.4. The Morgan fingerprint density at radius 2 is 2.15 bits per heavy atom. The number of fused-ring (bicyclic) bond motifs is 1. The van der Waals surface area contributed by atoms with Crippen molar-refractivity contribution in [3.8, 4) is 6.07 Å². The molecule has 1 amide bonds. The minimum Gasteiger partial charge on any atom is -0.449 e. The molecule has 0 saturated carbocycles. The van der Waals surface area contributed by atoms with E-state index < -0.39 is 18.0 Å². The number of carbonyl (C=O) groups excluding carboxylic acids is 2. The lowest BCUT2D eigenvalue weighted by molar-refractivity contribution is -0.148. The van der Waals surface area contributed by atoms with Crippen LogP contribution in [0.2, 0.25) is 0 Å². The summed E-state index contributed by atoms with van der Waals surface area (Å²) in [5.41, 5.74) is 1.63. The summed E-state index contributed by atoms with van der Waals surface area (Å²) in [6.07, 6.45) is 7.18. The number of amides is 1. The van der Waals surface area contributed by atoms with Gasteiger partial charge in [-0.1, -0.05) is 12.5 Å². The maximum absolute atomic E-state index is 12.4. The van der Waals surface area contributed by atoms with Gasteiger partial charge in [-0.3, -0.25) is 4.79 Å². The van der Waals surface area contributed by atoms with Gasteiger partial charge >= 0.3 is 5.97 Å². The van der Waals surface area contributed by atoms with Gasteiger partial charge in [0.05, 0.1) is 5.56 Å². The zero-order valence-corrected chi connectivity index (χ0v) is 16.6. The molecule has 2 aromatic heterocycles. The Bertz CT molecular complexity index is 891. The van der Waals surface area contributed by atoms with E-state index in [1.165, 1.54) is 47.0 Å². The van der Waals surface area contributed by atoms with Crippen molar-refractivity contribution in [1.29, 1.82) is 5.26 Å². The van der Waals surface area contributed by atoms with Gasteiger partial charge in [-0.25, -0.2) is 4.79 Å². The van der Waals surface area contributed by atoms with Crippen LogP contribution in [0.4, 0.5) is 5.00 Å². The van der Waals surface area contributed by atoms with E-state index in [4.69, 9.17) is 4.74 Å². The van der Waals surface area contributed by atoms with Crippen LogP contribution in [0.3, 0.4) is 0 Å². The van der Waals surface area contributed by atoms with Gasteiger partial charge in [-0.05, 0) is 55.7 Å². The summed E-state index contributed by atoms with van der Waals surface area (Å²) >= 11 is 2.97. The second-order valence-corrected chi connectivity index (χ2v) is 8.38. The van der Waals surface area contributed by atoms with Crippen molar-refractivity contribution in [2.24, 2.45) is 0 Å². The van der Waals surface area contributed by atoms with Gasteiger partial charge in [0.25, 0.3) is 5.91 Å². The van der Waals surface area contributed by atoms with Crippen molar-refractivity contribution in [2.75, 3.05) is 5.32 Å². The third kappa shape index (κ3) is 4.85. The number of ether oxygens (including phenoxy) is 1. The molecule has 7 heteroatoms. The number of anilines is 1. The molecular formula is C20H20N2O3S2. The first-order valence-corrected chi connectivity index (χ1v) is 10.6. The second kappa shape index (κ2) is 8.98. The summed E-state index contributed by atoms with van der Waals surface area (Å²) in [7, 11) is 0. The Labute approximate surface area is 166 Å². The fourth-order valence-corrected chi connectivity index (χ4v) is 4.83. The van der Waals surface area contributed by atoms with E-state index in [9.17, 15) is 14.9 Å². The Kier molecular flexibility index (Phi) is 6.43. The number of nitrogens with one attached hydrogen (secondary N) is 1. The molecule has 0 unspecified atom stereocenters. The molecule has 0 spiro atoms. The van der Waals surface area contributed by atoms with E-state index in [-0.39, 0.29) is 0 Å². The number of thiophene rings is 2. The fraction of sp³-hybridized carbons (Fsp3) is 0.350. The van der Waals surface area contributed by atoms with Gasteiger partial charge in [-0.15, -0.1) is 22.7 Å². The normalized spacial score (nSPS) is 14.8. The molecule has 140 valence electrons. The molecular weight excluding hydrogens is 380 g/mol. The van der Waals surface area contributed by atoms with Crippen molar-refractivity contribution in [3.63, 3.8) is 0 Å². The fourth-order valence-electron chi connectivity index (χ4n) is 2.97. The molecule has 2 aromatic rings. The van der Waals surface area contributed by atoms with Crippen LogP contribution in [0.25, 0.3) is 6.08 Å².